The molecule has 0 fully saturated rings. The first kappa shape index (κ1) is 13.1. The fraction of sp³-hybridized carbons (Fsp3) is 0.182. The number of nitrogen functional groups attached to an aromatic ring is 1. The predicted octanol–water partition coefficient (Wildman–Crippen LogP) is 2.32. The second-order valence-corrected chi connectivity index (χ2v) is 5.61. The van der Waals surface area contributed by atoms with E-state index in [9.17, 15) is 0 Å². The van der Waals surface area contributed by atoms with E-state index < -0.39 is 0 Å². The summed E-state index contributed by atoms with van der Waals surface area (Å²) < 4.78 is 2.82. The van der Waals surface area contributed by atoms with Crippen molar-refractivity contribution in [3.8, 4) is 0 Å². The normalized spacial score (nSPS) is 10.6. The van der Waals surface area contributed by atoms with Gasteiger partial charge in [0, 0.05) is 22.0 Å². The number of aromatic nitrogens is 3. The lowest BCUT2D eigenvalue weighted by atomic mass is 10.2. The number of nitrogens with two attached hydrogens (primary N) is 1. The van der Waals surface area contributed by atoms with Crippen molar-refractivity contribution < 1.29 is 0 Å². The van der Waals surface area contributed by atoms with Crippen LogP contribution in [-0.4, -0.2) is 20.6 Å². The Labute approximate surface area is 117 Å². The molecule has 0 spiro atoms. The largest absolute Gasteiger partial charge is 0.384 e. The summed E-state index contributed by atoms with van der Waals surface area (Å²) in [7, 11) is 1.93. The van der Waals surface area contributed by atoms with Gasteiger partial charge in [0.05, 0.1) is 0 Å². The molecule has 1 heterocycles. The number of hydrogen-bond donors (Lipinski definition) is 2. The highest BCUT2D eigenvalue weighted by molar-refractivity contribution is 9.10. The Balaban J connectivity index is 2.30. The molecule has 1 aromatic heterocycles. The fourth-order valence-corrected chi connectivity index (χ4v) is 2.79. The smallest absolute Gasteiger partial charge is 0.195 e. The Morgan fingerprint density at radius 1 is 1.44 bits per heavy atom. The summed E-state index contributed by atoms with van der Waals surface area (Å²) in [5, 5.41) is 16.3. The maximum Gasteiger partial charge on any atom is 0.195 e. The van der Waals surface area contributed by atoms with E-state index in [1.807, 2.05) is 36.7 Å². The number of benzene rings is 1. The van der Waals surface area contributed by atoms with Gasteiger partial charge in [-0.3, -0.25) is 5.41 Å². The van der Waals surface area contributed by atoms with Crippen molar-refractivity contribution in [2.45, 2.75) is 17.0 Å². The molecule has 0 amide bonds. The van der Waals surface area contributed by atoms with E-state index in [1.165, 1.54) is 11.8 Å². The number of hydrogen-bond acceptors (Lipinski definition) is 4. The van der Waals surface area contributed by atoms with Crippen LogP contribution in [0.1, 0.15) is 11.4 Å². The van der Waals surface area contributed by atoms with Crippen molar-refractivity contribution in [3.05, 3.63) is 34.1 Å². The maximum absolute atomic E-state index is 7.38. The van der Waals surface area contributed by atoms with E-state index >= 15 is 0 Å². The Hall–Kier alpha value is -1.34. The Bertz CT molecular complexity index is 607. The molecule has 0 atom stereocenters. The van der Waals surface area contributed by atoms with E-state index in [2.05, 4.69) is 26.1 Å². The minimum absolute atomic E-state index is 0.0572. The van der Waals surface area contributed by atoms with E-state index in [0.29, 0.717) is 5.56 Å². The van der Waals surface area contributed by atoms with Crippen LogP contribution in [0.15, 0.2) is 32.7 Å². The van der Waals surface area contributed by atoms with Gasteiger partial charge in [-0.15, -0.1) is 10.2 Å². The lowest BCUT2D eigenvalue weighted by molar-refractivity contribution is 0.765. The Morgan fingerprint density at radius 3 is 2.67 bits per heavy atom. The van der Waals surface area contributed by atoms with E-state index in [4.69, 9.17) is 11.1 Å². The highest BCUT2D eigenvalue weighted by atomic mass is 79.9. The molecule has 18 heavy (non-hydrogen) atoms. The van der Waals surface area contributed by atoms with E-state index in [-0.39, 0.29) is 5.84 Å². The number of halogens is 1. The van der Waals surface area contributed by atoms with Crippen LogP contribution < -0.4 is 5.73 Å². The fourth-order valence-electron chi connectivity index (χ4n) is 1.33. The molecule has 2 aromatic rings. The summed E-state index contributed by atoms with van der Waals surface area (Å²) in [6, 6.07) is 5.56. The van der Waals surface area contributed by atoms with Gasteiger partial charge < -0.3 is 10.3 Å². The van der Waals surface area contributed by atoms with Crippen LogP contribution in [0.2, 0.25) is 0 Å². The summed E-state index contributed by atoms with van der Waals surface area (Å²) in [5.74, 6) is 0.927. The predicted molar refractivity (Wildman–Crippen MR) is 75.0 cm³/mol. The van der Waals surface area contributed by atoms with Crippen molar-refractivity contribution in [2.75, 3.05) is 0 Å². The minimum Gasteiger partial charge on any atom is -0.384 e. The SMILES string of the molecule is Cc1nnc(Sc2ccc(C(=N)N)cc2Br)n1C. The molecule has 0 saturated heterocycles. The van der Waals surface area contributed by atoms with Gasteiger partial charge in [-0.2, -0.15) is 0 Å². The van der Waals surface area contributed by atoms with Gasteiger partial charge >= 0.3 is 0 Å². The molecule has 0 saturated carbocycles. The Kier molecular flexibility index (Phi) is 3.72. The second-order valence-electron chi connectivity index (χ2n) is 3.75. The third-order valence-electron chi connectivity index (χ3n) is 2.50. The number of aryl methyl sites for hydroxylation is 1. The molecule has 0 aliphatic heterocycles. The van der Waals surface area contributed by atoms with Crippen LogP contribution in [0.4, 0.5) is 0 Å². The van der Waals surface area contributed by atoms with Crippen molar-refractivity contribution >= 4 is 33.5 Å². The van der Waals surface area contributed by atoms with Crippen molar-refractivity contribution in [3.63, 3.8) is 0 Å². The molecule has 0 radical (unpaired) electrons. The number of nitrogens with zero attached hydrogens (tertiary/aromatic N) is 3. The monoisotopic (exact) mass is 325 g/mol. The van der Waals surface area contributed by atoms with Gasteiger partial charge in [-0.25, -0.2) is 0 Å². The average Bonchev–Trinajstić information content (AvgIpc) is 2.63. The molecule has 94 valence electrons. The lowest BCUT2D eigenvalue weighted by Gasteiger charge is -2.06. The third kappa shape index (κ3) is 2.56. The van der Waals surface area contributed by atoms with Crippen molar-refractivity contribution in [1.29, 1.82) is 5.41 Å². The minimum atomic E-state index is 0.0572. The molecule has 5 nitrogen and oxygen atoms in total. The second kappa shape index (κ2) is 5.11. The first-order valence-electron chi connectivity index (χ1n) is 5.17. The molecule has 3 N–H and O–H groups in total. The Morgan fingerprint density at radius 2 is 2.17 bits per heavy atom. The zero-order valence-electron chi connectivity index (χ0n) is 9.94. The van der Waals surface area contributed by atoms with Crippen LogP contribution in [0.3, 0.4) is 0 Å². The van der Waals surface area contributed by atoms with Crippen molar-refractivity contribution in [1.82, 2.24) is 14.8 Å². The highest BCUT2D eigenvalue weighted by Crippen LogP contribution is 2.32. The van der Waals surface area contributed by atoms with Crippen LogP contribution in [0.5, 0.6) is 0 Å². The molecule has 2 rings (SSSR count). The van der Waals surface area contributed by atoms with Gasteiger partial charge in [-0.1, -0.05) is 6.07 Å². The first-order valence-corrected chi connectivity index (χ1v) is 6.78. The van der Waals surface area contributed by atoms with Gasteiger partial charge in [0.25, 0.3) is 0 Å². The molecular formula is C11H12BrN5S. The molecule has 0 bridgehead atoms. The van der Waals surface area contributed by atoms with Crippen LogP contribution >= 0.6 is 27.7 Å². The van der Waals surface area contributed by atoms with Crippen LogP contribution in [-0.2, 0) is 7.05 Å². The zero-order chi connectivity index (χ0) is 13.3. The van der Waals surface area contributed by atoms with Gasteiger partial charge in [0.2, 0.25) is 0 Å². The lowest BCUT2D eigenvalue weighted by Crippen LogP contribution is -2.10. The van der Waals surface area contributed by atoms with Gasteiger partial charge in [0.15, 0.2) is 5.16 Å². The van der Waals surface area contributed by atoms with Crippen molar-refractivity contribution in [2.24, 2.45) is 12.8 Å². The summed E-state index contributed by atoms with van der Waals surface area (Å²) in [5.41, 5.74) is 6.14. The van der Waals surface area contributed by atoms with Crippen LogP contribution in [0.25, 0.3) is 0 Å². The number of nitrogens with one attached hydrogen (secondary N) is 1. The van der Waals surface area contributed by atoms with E-state index in [1.54, 1.807) is 0 Å². The summed E-state index contributed by atoms with van der Waals surface area (Å²) in [6.45, 7) is 1.91. The molecular weight excluding hydrogens is 314 g/mol. The number of amidine groups is 1. The summed E-state index contributed by atoms with van der Waals surface area (Å²) in [6.07, 6.45) is 0. The first-order chi connectivity index (χ1) is 8.49. The van der Waals surface area contributed by atoms with Gasteiger partial charge in [0.1, 0.15) is 11.7 Å². The third-order valence-corrected chi connectivity index (χ3v) is 4.53. The molecule has 0 unspecified atom stereocenters. The molecule has 7 heteroatoms. The standard InChI is InChI=1S/C11H12BrN5S/c1-6-15-16-11(17(6)2)18-9-4-3-7(10(13)14)5-8(9)12/h3-5H,1-2H3,(H3,13,14). The number of rotatable bonds is 3. The maximum atomic E-state index is 7.38. The quantitative estimate of drug-likeness (QED) is 0.670. The average molecular weight is 326 g/mol. The molecule has 0 aliphatic rings. The molecule has 1 aromatic carbocycles. The summed E-state index contributed by atoms with van der Waals surface area (Å²) in [4.78, 5) is 1.01. The van der Waals surface area contributed by atoms with E-state index in [0.717, 1.165) is 20.3 Å². The molecule has 0 aliphatic carbocycles. The van der Waals surface area contributed by atoms with Gasteiger partial charge in [-0.05, 0) is 46.7 Å². The topological polar surface area (TPSA) is 80.6 Å². The zero-order valence-corrected chi connectivity index (χ0v) is 12.3. The highest BCUT2D eigenvalue weighted by Gasteiger charge is 2.10. The van der Waals surface area contributed by atoms with Crippen LogP contribution in [0, 0.1) is 12.3 Å². The summed E-state index contributed by atoms with van der Waals surface area (Å²) >= 11 is 4.99.